The largest absolute Gasteiger partial charge is 0.348 e. The van der Waals surface area contributed by atoms with E-state index < -0.39 is 0 Å². The number of aromatic nitrogens is 3. The van der Waals surface area contributed by atoms with Gasteiger partial charge in [0.05, 0.1) is 16.3 Å². The highest BCUT2D eigenvalue weighted by atomic mass is 32.1. The van der Waals surface area contributed by atoms with E-state index in [0.29, 0.717) is 11.9 Å². The van der Waals surface area contributed by atoms with Crippen LogP contribution in [0.5, 0.6) is 0 Å². The van der Waals surface area contributed by atoms with E-state index in [1.807, 2.05) is 41.0 Å². The van der Waals surface area contributed by atoms with Crippen molar-refractivity contribution in [2.45, 2.75) is 45.2 Å². The van der Waals surface area contributed by atoms with Crippen molar-refractivity contribution in [2.75, 3.05) is 0 Å². The fraction of sp³-hybridized carbons (Fsp3) is 0.318. The second kappa shape index (κ2) is 7.15. The third kappa shape index (κ3) is 3.06. The van der Waals surface area contributed by atoms with E-state index in [4.69, 9.17) is 0 Å². The highest BCUT2D eigenvalue weighted by Gasteiger charge is 2.22. The molecule has 3 heterocycles. The maximum Gasteiger partial charge on any atom is 0.291 e. The summed E-state index contributed by atoms with van der Waals surface area (Å²) in [7, 11) is 0. The first-order valence-electron chi connectivity index (χ1n) is 10.0. The number of hydrogen-bond donors (Lipinski definition) is 1. The predicted molar refractivity (Wildman–Crippen MR) is 114 cm³/mol. The molecule has 0 saturated heterocycles. The molecular weight excluding hydrogens is 384 g/mol. The zero-order valence-corrected chi connectivity index (χ0v) is 17.0. The highest BCUT2D eigenvalue weighted by Crippen LogP contribution is 2.29. The maximum absolute atomic E-state index is 13.0. The summed E-state index contributed by atoms with van der Waals surface area (Å²) >= 11 is 1.60. The third-order valence-electron chi connectivity index (χ3n) is 5.69. The minimum atomic E-state index is -0.232. The summed E-state index contributed by atoms with van der Waals surface area (Å²) in [5, 5.41) is 9.64. The third-order valence-corrected chi connectivity index (χ3v) is 6.54. The van der Waals surface area contributed by atoms with Crippen LogP contribution in [0.25, 0.3) is 15.7 Å². The molecule has 0 saturated carbocycles. The van der Waals surface area contributed by atoms with Crippen molar-refractivity contribution in [1.29, 1.82) is 0 Å². The van der Waals surface area contributed by atoms with Crippen molar-refractivity contribution in [3.05, 3.63) is 69.1 Å². The number of thiophene rings is 1. The van der Waals surface area contributed by atoms with Gasteiger partial charge in [0, 0.05) is 6.42 Å². The SMILES string of the molecule is CCc1nn(CC(=O)N[C@H]2CCCc3ccccc32)c(=O)c2cc3sccc3n12. The zero-order valence-electron chi connectivity index (χ0n) is 16.2. The highest BCUT2D eigenvalue weighted by molar-refractivity contribution is 7.17. The van der Waals surface area contributed by atoms with Crippen molar-refractivity contribution >= 4 is 33.0 Å². The molecule has 1 aliphatic carbocycles. The Bertz CT molecular complexity index is 1280. The first-order valence-corrected chi connectivity index (χ1v) is 10.9. The number of rotatable bonds is 4. The Labute approximate surface area is 171 Å². The van der Waals surface area contributed by atoms with Gasteiger partial charge >= 0.3 is 0 Å². The Balaban J connectivity index is 1.45. The summed E-state index contributed by atoms with van der Waals surface area (Å²) in [6.07, 6.45) is 3.69. The minimum Gasteiger partial charge on any atom is -0.348 e. The standard InChI is InChI=1S/C22H22N4O2S/c1-2-20-24-25(22(28)18-12-19-17(26(18)20)10-11-29-19)13-21(27)23-16-9-5-7-14-6-3-4-8-15(14)16/h3-4,6,8,10-12,16H,2,5,7,9,13H2,1H3,(H,23,27)/t16-/m0/s1. The van der Waals surface area contributed by atoms with Crippen molar-refractivity contribution in [2.24, 2.45) is 0 Å². The second-order valence-electron chi connectivity index (χ2n) is 7.48. The number of carbonyl (C=O) groups is 1. The number of carbonyl (C=O) groups excluding carboxylic acids is 1. The maximum atomic E-state index is 13.0. The van der Waals surface area contributed by atoms with Crippen LogP contribution in [0, 0.1) is 0 Å². The van der Waals surface area contributed by atoms with Gasteiger partial charge in [-0.1, -0.05) is 31.2 Å². The number of benzene rings is 1. The number of nitrogens with one attached hydrogen (secondary N) is 1. The van der Waals surface area contributed by atoms with E-state index in [1.54, 1.807) is 11.3 Å². The molecule has 0 radical (unpaired) electrons. The molecule has 0 fully saturated rings. The Morgan fingerprint density at radius 1 is 1.28 bits per heavy atom. The van der Waals surface area contributed by atoms with E-state index in [1.165, 1.54) is 15.8 Å². The molecule has 148 valence electrons. The minimum absolute atomic E-state index is 0.00355. The number of hydrogen-bond acceptors (Lipinski definition) is 4. The summed E-state index contributed by atoms with van der Waals surface area (Å²) in [6.45, 7) is 1.94. The van der Waals surface area contributed by atoms with Gasteiger partial charge in [-0.25, -0.2) is 4.68 Å². The molecule has 0 spiro atoms. The summed E-state index contributed by atoms with van der Waals surface area (Å²) in [5.74, 6) is 0.602. The topological polar surface area (TPSA) is 68.4 Å². The van der Waals surface area contributed by atoms with Crippen LogP contribution in [-0.2, 0) is 24.2 Å². The van der Waals surface area contributed by atoms with E-state index in [-0.39, 0.29) is 24.1 Å². The fourth-order valence-electron chi connectivity index (χ4n) is 4.34. The molecule has 7 heteroatoms. The Kier molecular flexibility index (Phi) is 4.47. The Morgan fingerprint density at radius 3 is 3.00 bits per heavy atom. The lowest BCUT2D eigenvalue weighted by molar-refractivity contribution is -0.122. The van der Waals surface area contributed by atoms with Crippen molar-refractivity contribution in [1.82, 2.24) is 19.5 Å². The molecule has 0 bridgehead atoms. The van der Waals surface area contributed by atoms with Gasteiger partial charge in [0.1, 0.15) is 17.9 Å². The molecule has 1 amide bonds. The summed E-state index contributed by atoms with van der Waals surface area (Å²) < 4.78 is 4.28. The number of nitrogens with zero attached hydrogens (tertiary/aromatic N) is 3. The Morgan fingerprint density at radius 2 is 2.14 bits per heavy atom. The van der Waals surface area contributed by atoms with E-state index >= 15 is 0 Å². The number of fused-ring (bicyclic) bond motifs is 4. The van der Waals surface area contributed by atoms with Gasteiger partial charge in [-0.3, -0.25) is 14.0 Å². The van der Waals surface area contributed by atoms with Gasteiger partial charge < -0.3 is 5.32 Å². The fourth-order valence-corrected chi connectivity index (χ4v) is 5.14. The number of aryl methyl sites for hydroxylation is 2. The Hall–Kier alpha value is -2.93. The lowest BCUT2D eigenvalue weighted by Crippen LogP contribution is -2.37. The lowest BCUT2D eigenvalue weighted by atomic mass is 9.88. The van der Waals surface area contributed by atoms with Crippen LogP contribution in [0.1, 0.15) is 42.8 Å². The van der Waals surface area contributed by atoms with Gasteiger partial charge in [0.25, 0.3) is 5.56 Å². The molecule has 0 aliphatic heterocycles. The molecule has 1 aliphatic rings. The molecule has 1 aromatic carbocycles. The molecular formula is C22H22N4O2S. The van der Waals surface area contributed by atoms with Gasteiger partial charge in [-0.2, -0.15) is 5.10 Å². The molecule has 29 heavy (non-hydrogen) atoms. The average molecular weight is 407 g/mol. The van der Waals surface area contributed by atoms with Crippen LogP contribution in [0.3, 0.4) is 0 Å². The quantitative estimate of drug-likeness (QED) is 0.564. The number of amides is 1. The zero-order chi connectivity index (χ0) is 20.0. The molecule has 5 rings (SSSR count). The molecule has 0 unspecified atom stereocenters. The van der Waals surface area contributed by atoms with Crippen LogP contribution >= 0.6 is 11.3 Å². The molecule has 3 aromatic heterocycles. The van der Waals surface area contributed by atoms with E-state index in [2.05, 4.69) is 22.5 Å². The van der Waals surface area contributed by atoms with E-state index in [9.17, 15) is 9.59 Å². The van der Waals surface area contributed by atoms with Gasteiger partial charge in [-0.15, -0.1) is 11.3 Å². The van der Waals surface area contributed by atoms with Gasteiger partial charge in [0.15, 0.2) is 0 Å². The molecule has 1 atom stereocenters. The second-order valence-corrected chi connectivity index (χ2v) is 8.43. The first-order chi connectivity index (χ1) is 14.2. The van der Waals surface area contributed by atoms with Crippen LogP contribution in [0.4, 0.5) is 0 Å². The van der Waals surface area contributed by atoms with Crippen LogP contribution in [-0.4, -0.2) is 20.1 Å². The summed E-state index contributed by atoms with van der Waals surface area (Å²) in [5.41, 5.74) is 3.83. The van der Waals surface area contributed by atoms with Crippen LogP contribution in [0.2, 0.25) is 0 Å². The molecule has 6 nitrogen and oxygen atoms in total. The first kappa shape index (κ1) is 18.1. The molecule has 4 aromatic rings. The normalized spacial score (nSPS) is 16.2. The van der Waals surface area contributed by atoms with Gasteiger partial charge in [0.2, 0.25) is 5.91 Å². The molecule has 1 N–H and O–H groups in total. The van der Waals surface area contributed by atoms with Crippen molar-refractivity contribution in [3.8, 4) is 0 Å². The summed E-state index contributed by atoms with van der Waals surface area (Å²) in [4.78, 5) is 25.8. The monoisotopic (exact) mass is 406 g/mol. The average Bonchev–Trinajstić information content (AvgIpc) is 3.32. The van der Waals surface area contributed by atoms with Crippen molar-refractivity contribution in [3.63, 3.8) is 0 Å². The van der Waals surface area contributed by atoms with E-state index in [0.717, 1.165) is 35.3 Å². The van der Waals surface area contributed by atoms with Crippen LogP contribution < -0.4 is 10.9 Å². The lowest BCUT2D eigenvalue weighted by Gasteiger charge is -2.26. The summed E-state index contributed by atoms with van der Waals surface area (Å²) in [6, 6.07) is 12.2. The predicted octanol–water partition coefficient (Wildman–Crippen LogP) is 3.47. The van der Waals surface area contributed by atoms with Crippen LogP contribution in [0.15, 0.2) is 46.6 Å². The van der Waals surface area contributed by atoms with Crippen molar-refractivity contribution < 1.29 is 4.79 Å². The van der Waals surface area contributed by atoms with Gasteiger partial charge in [-0.05, 0) is 47.9 Å². The smallest absolute Gasteiger partial charge is 0.291 e.